The fourth-order valence-electron chi connectivity index (χ4n) is 2.51. The second-order valence-corrected chi connectivity index (χ2v) is 5.89. The van der Waals surface area contributed by atoms with E-state index in [1.807, 2.05) is 25.1 Å². The van der Waals surface area contributed by atoms with E-state index in [-0.39, 0.29) is 11.9 Å². The Morgan fingerprint density at radius 3 is 3.00 bits per heavy atom. The molecule has 1 aromatic rings. The zero-order chi connectivity index (χ0) is 13.1. The Hall–Kier alpha value is -0.540. The summed E-state index contributed by atoms with van der Waals surface area (Å²) in [5.74, 6) is 0.543. The quantitative estimate of drug-likeness (QED) is 0.836. The van der Waals surface area contributed by atoms with Gasteiger partial charge in [0.1, 0.15) is 0 Å². The van der Waals surface area contributed by atoms with Gasteiger partial charge in [-0.3, -0.25) is 4.79 Å². The highest BCUT2D eigenvalue weighted by Crippen LogP contribution is 2.28. The summed E-state index contributed by atoms with van der Waals surface area (Å²) in [5.41, 5.74) is 1.53. The molecule has 1 N–H and O–H groups in total. The second kappa shape index (κ2) is 6.07. The van der Waals surface area contributed by atoms with Gasteiger partial charge in [-0.25, -0.2) is 0 Å². The lowest BCUT2D eigenvalue weighted by atomic mass is 10.0. The number of halogens is 2. The van der Waals surface area contributed by atoms with Crippen LogP contribution in [0.25, 0.3) is 0 Å². The third kappa shape index (κ3) is 2.89. The van der Waals surface area contributed by atoms with Crippen LogP contribution in [0.15, 0.2) is 18.2 Å². The molecule has 0 aromatic heterocycles. The van der Waals surface area contributed by atoms with Gasteiger partial charge in [0, 0.05) is 22.0 Å². The molecule has 2 nitrogen and oxygen atoms in total. The maximum Gasteiger partial charge on any atom is 0.251 e. The molecule has 1 fully saturated rings. The van der Waals surface area contributed by atoms with E-state index in [9.17, 15) is 4.79 Å². The molecule has 98 valence electrons. The van der Waals surface area contributed by atoms with Gasteiger partial charge in [-0.1, -0.05) is 40.0 Å². The Balaban J connectivity index is 2.10. The average Bonchev–Trinajstić information content (AvgIpc) is 2.79. The largest absolute Gasteiger partial charge is 0.349 e. The molecule has 0 aliphatic heterocycles. The molecular weight excluding hydrogens is 314 g/mol. The minimum Gasteiger partial charge on any atom is -0.349 e. The number of alkyl halides is 1. The minimum atomic E-state index is -0.00662. The molecule has 18 heavy (non-hydrogen) atoms. The van der Waals surface area contributed by atoms with Crippen molar-refractivity contribution in [3.63, 3.8) is 0 Å². The first-order valence-corrected chi connectivity index (χ1v) is 7.75. The van der Waals surface area contributed by atoms with Crippen molar-refractivity contribution in [2.45, 2.75) is 32.2 Å². The Morgan fingerprint density at radius 1 is 1.50 bits per heavy atom. The van der Waals surface area contributed by atoms with Gasteiger partial charge in [-0.15, -0.1) is 0 Å². The Bertz CT molecular complexity index is 449. The number of rotatable bonds is 3. The second-order valence-electron chi connectivity index (χ2n) is 4.84. The summed E-state index contributed by atoms with van der Waals surface area (Å²) >= 11 is 9.56. The molecule has 1 aliphatic rings. The van der Waals surface area contributed by atoms with Crippen molar-refractivity contribution < 1.29 is 4.79 Å². The van der Waals surface area contributed by atoms with Crippen LogP contribution < -0.4 is 5.32 Å². The summed E-state index contributed by atoms with van der Waals surface area (Å²) in [6, 6.07) is 5.75. The molecule has 0 saturated heterocycles. The summed E-state index contributed by atoms with van der Waals surface area (Å²) < 4.78 is 0. The summed E-state index contributed by atoms with van der Waals surface area (Å²) in [6.07, 6.45) is 3.45. The molecule has 0 spiro atoms. The molecule has 2 unspecified atom stereocenters. The van der Waals surface area contributed by atoms with E-state index in [1.54, 1.807) is 0 Å². The molecule has 1 saturated carbocycles. The SMILES string of the molecule is Cc1c(Cl)cccc1C(=O)NC1CCCC1CBr. The topological polar surface area (TPSA) is 29.1 Å². The van der Waals surface area contributed by atoms with Crippen molar-refractivity contribution in [2.24, 2.45) is 5.92 Å². The van der Waals surface area contributed by atoms with E-state index < -0.39 is 0 Å². The maximum absolute atomic E-state index is 12.3. The first-order chi connectivity index (χ1) is 8.63. The molecule has 0 radical (unpaired) electrons. The standard InChI is InChI=1S/C14H17BrClNO/c1-9-11(5-3-6-12(9)16)14(18)17-13-7-2-4-10(13)8-15/h3,5-6,10,13H,2,4,7-8H2,1H3,(H,17,18). The summed E-state index contributed by atoms with van der Waals surface area (Å²) in [7, 11) is 0. The first-order valence-electron chi connectivity index (χ1n) is 6.25. The van der Waals surface area contributed by atoms with Crippen LogP contribution in [-0.4, -0.2) is 17.3 Å². The van der Waals surface area contributed by atoms with Gasteiger partial charge in [-0.2, -0.15) is 0 Å². The number of carbonyl (C=O) groups is 1. The highest BCUT2D eigenvalue weighted by Gasteiger charge is 2.28. The van der Waals surface area contributed by atoms with Gasteiger partial charge in [0.25, 0.3) is 5.91 Å². The predicted octanol–water partition coefficient (Wildman–Crippen LogP) is 3.94. The monoisotopic (exact) mass is 329 g/mol. The van der Waals surface area contributed by atoms with E-state index in [2.05, 4.69) is 21.2 Å². The van der Waals surface area contributed by atoms with Crippen molar-refractivity contribution in [3.05, 3.63) is 34.3 Å². The van der Waals surface area contributed by atoms with E-state index in [4.69, 9.17) is 11.6 Å². The molecule has 2 atom stereocenters. The fraction of sp³-hybridized carbons (Fsp3) is 0.500. The first kappa shape index (κ1) is 13.9. The van der Waals surface area contributed by atoms with Gasteiger partial charge >= 0.3 is 0 Å². The number of nitrogens with one attached hydrogen (secondary N) is 1. The number of carbonyl (C=O) groups excluding carboxylic acids is 1. The summed E-state index contributed by atoms with van der Waals surface area (Å²) in [5, 5.41) is 4.73. The van der Waals surface area contributed by atoms with Crippen LogP contribution in [-0.2, 0) is 0 Å². The third-order valence-electron chi connectivity index (χ3n) is 3.69. The van der Waals surface area contributed by atoms with Gasteiger partial charge in [0.15, 0.2) is 0 Å². The van der Waals surface area contributed by atoms with E-state index in [1.165, 1.54) is 12.8 Å². The minimum absolute atomic E-state index is 0.00662. The highest BCUT2D eigenvalue weighted by molar-refractivity contribution is 9.09. The predicted molar refractivity (Wildman–Crippen MR) is 78.6 cm³/mol. The number of hydrogen-bond donors (Lipinski definition) is 1. The average molecular weight is 331 g/mol. The lowest BCUT2D eigenvalue weighted by molar-refractivity contribution is 0.0929. The van der Waals surface area contributed by atoms with Crippen molar-refractivity contribution >= 4 is 33.4 Å². The normalized spacial score (nSPS) is 23.1. The number of benzene rings is 1. The van der Waals surface area contributed by atoms with Gasteiger partial charge in [0.05, 0.1) is 0 Å². The van der Waals surface area contributed by atoms with Gasteiger partial charge < -0.3 is 5.32 Å². The van der Waals surface area contributed by atoms with E-state index in [0.717, 1.165) is 17.3 Å². The Labute approximate surface area is 121 Å². The zero-order valence-electron chi connectivity index (χ0n) is 10.4. The summed E-state index contributed by atoms with van der Waals surface area (Å²) in [4.78, 5) is 12.3. The molecular formula is C14H17BrClNO. The van der Waals surface area contributed by atoms with Crippen molar-refractivity contribution in [1.82, 2.24) is 5.32 Å². The van der Waals surface area contributed by atoms with Crippen LogP contribution in [0.4, 0.5) is 0 Å². The molecule has 1 aliphatic carbocycles. The van der Waals surface area contributed by atoms with E-state index in [0.29, 0.717) is 16.5 Å². The molecule has 1 amide bonds. The molecule has 1 aromatic carbocycles. The van der Waals surface area contributed by atoms with Crippen molar-refractivity contribution in [2.75, 3.05) is 5.33 Å². The molecule has 4 heteroatoms. The van der Waals surface area contributed by atoms with Crippen molar-refractivity contribution in [1.29, 1.82) is 0 Å². The lowest BCUT2D eigenvalue weighted by Crippen LogP contribution is -2.38. The van der Waals surface area contributed by atoms with Crippen LogP contribution in [0.3, 0.4) is 0 Å². The highest BCUT2D eigenvalue weighted by atomic mass is 79.9. The maximum atomic E-state index is 12.3. The molecule has 0 heterocycles. The summed E-state index contributed by atoms with van der Waals surface area (Å²) in [6.45, 7) is 1.88. The van der Waals surface area contributed by atoms with Crippen LogP contribution in [0.5, 0.6) is 0 Å². The zero-order valence-corrected chi connectivity index (χ0v) is 12.7. The number of hydrogen-bond acceptors (Lipinski definition) is 1. The smallest absolute Gasteiger partial charge is 0.251 e. The van der Waals surface area contributed by atoms with Gasteiger partial charge in [0.2, 0.25) is 0 Å². The van der Waals surface area contributed by atoms with Crippen molar-refractivity contribution in [3.8, 4) is 0 Å². The van der Waals surface area contributed by atoms with Crippen LogP contribution in [0.1, 0.15) is 35.2 Å². The lowest BCUT2D eigenvalue weighted by Gasteiger charge is -2.19. The van der Waals surface area contributed by atoms with Gasteiger partial charge in [-0.05, 0) is 43.4 Å². The third-order valence-corrected chi connectivity index (χ3v) is 4.93. The van der Waals surface area contributed by atoms with Crippen LogP contribution in [0.2, 0.25) is 5.02 Å². The fourth-order valence-corrected chi connectivity index (χ4v) is 3.46. The number of amides is 1. The van der Waals surface area contributed by atoms with Crippen LogP contribution in [0, 0.1) is 12.8 Å². The van der Waals surface area contributed by atoms with Crippen LogP contribution >= 0.6 is 27.5 Å². The van der Waals surface area contributed by atoms with E-state index >= 15 is 0 Å². The molecule has 2 rings (SSSR count). The Kier molecular flexibility index (Phi) is 4.68. The Morgan fingerprint density at radius 2 is 2.28 bits per heavy atom. The molecule has 0 bridgehead atoms.